The van der Waals surface area contributed by atoms with Crippen LogP contribution in [0.3, 0.4) is 0 Å². The summed E-state index contributed by atoms with van der Waals surface area (Å²) < 4.78 is 11.0. The lowest BCUT2D eigenvalue weighted by atomic mass is 9.83. The molecule has 1 aliphatic heterocycles. The van der Waals surface area contributed by atoms with Gasteiger partial charge in [-0.05, 0) is 50.4 Å². The van der Waals surface area contributed by atoms with Crippen LogP contribution in [0, 0.1) is 5.92 Å². The summed E-state index contributed by atoms with van der Waals surface area (Å²) in [5, 5.41) is 3.74. The Hall–Kier alpha value is -1.17. The van der Waals surface area contributed by atoms with E-state index < -0.39 is 6.09 Å². The van der Waals surface area contributed by atoms with E-state index in [-0.39, 0.29) is 6.10 Å². The van der Waals surface area contributed by atoms with Gasteiger partial charge in [-0.25, -0.2) is 4.79 Å². The fraction of sp³-hybridized carbons (Fsp3) is 0.611. The van der Waals surface area contributed by atoms with E-state index in [1.165, 1.54) is 12.8 Å². The number of carbonyl (C=O) groups excluding carboxylic acids is 1. The molecule has 0 aromatic heterocycles. The molecule has 1 aromatic carbocycles. The number of halogens is 2. The van der Waals surface area contributed by atoms with Crippen LogP contribution in [0.25, 0.3) is 0 Å². The van der Waals surface area contributed by atoms with E-state index in [0.29, 0.717) is 28.3 Å². The summed E-state index contributed by atoms with van der Waals surface area (Å²) in [6.07, 6.45) is 3.89. The minimum atomic E-state index is -0.396. The van der Waals surface area contributed by atoms with Crippen molar-refractivity contribution in [3.05, 3.63) is 27.7 Å². The molecule has 1 saturated heterocycles. The molecular weight excluding hydrogens is 363 g/mol. The highest BCUT2D eigenvalue weighted by atomic mass is 35.5. The molecule has 1 aromatic rings. The second-order valence-corrected chi connectivity index (χ2v) is 7.60. The zero-order chi connectivity index (χ0) is 17.8. The quantitative estimate of drug-likeness (QED) is 0.799. The molecule has 25 heavy (non-hydrogen) atoms. The summed E-state index contributed by atoms with van der Waals surface area (Å²) in [5.74, 6) is 0.971. The predicted molar refractivity (Wildman–Crippen MR) is 98.5 cm³/mol. The Kier molecular flexibility index (Phi) is 6.31. The predicted octanol–water partition coefficient (Wildman–Crippen LogP) is 4.10. The zero-order valence-electron chi connectivity index (χ0n) is 14.4. The molecule has 138 valence electrons. The molecule has 0 spiro atoms. The van der Waals surface area contributed by atoms with Crippen LogP contribution in [-0.2, 0) is 11.3 Å². The lowest BCUT2D eigenvalue weighted by molar-refractivity contribution is 0.0241. The monoisotopic (exact) mass is 386 g/mol. The van der Waals surface area contributed by atoms with Crippen molar-refractivity contribution in [1.82, 2.24) is 10.2 Å². The molecule has 0 bridgehead atoms. The first kappa shape index (κ1) is 18.6. The Labute approximate surface area is 158 Å². The Morgan fingerprint density at radius 3 is 2.64 bits per heavy atom. The fourth-order valence-corrected chi connectivity index (χ4v) is 3.76. The van der Waals surface area contributed by atoms with Crippen LogP contribution >= 0.6 is 23.2 Å². The number of alkyl carbamates (subject to hydrolysis) is 1. The Bertz CT molecular complexity index is 615. The summed E-state index contributed by atoms with van der Waals surface area (Å²) in [4.78, 5) is 13.5. The minimum absolute atomic E-state index is 0.0938. The van der Waals surface area contributed by atoms with Gasteiger partial charge in [0.2, 0.25) is 0 Å². The molecule has 0 radical (unpaired) electrons. The van der Waals surface area contributed by atoms with Gasteiger partial charge in [0.15, 0.2) is 0 Å². The highest BCUT2D eigenvalue weighted by molar-refractivity contribution is 6.34. The van der Waals surface area contributed by atoms with Crippen molar-refractivity contribution in [3.8, 4) is 5.75 Å². The van der Waals surface area contributed by atoms with Crippen molar-refractivity contribution < 1.29 is 14.3 Å². The molecular formula is C18H24Cl2N2O3. The fourth-order valence-electron chi connectivity index (χ4n) is 3.32. The maximum atomic E-state index is 11.1. The third-order valence-corrected chi connectivity index (χ3v) is 5.48. The van der Waals surface area contributed by atoms with Crippen LogP contribution in [0.5, 0.6) is 5.75 Å². The van der Waals surface area contributed by atoms with Crippen LogP contribution in [0.2, 0.25) is 10.0 Å². The second-order valence-electron chi connectivity index (χ2n) is 6.78. The van der Waals surface area contributed by atoms with Crippen molar-refractivity contribution in [1.29, 1.82) is 0 Å². The van der Waals surface area contributed by atoms with Gasteiger partial charge >= 0.3 is 6.09 Å². The van der Waals surface area contributed by atoms with Gasteiger partial charge in [-0.1, -0.05) is 23.2 Å². The van der Waals surface area contributed by atoms with E-state index >= 15 is 0 Å². The first-order chi connectivity index (χ1) is 12.0. The number of nitrogens with one attached hydrogen (secondary N) is 1. The van der Waals surface area contributed by atoms with Crippen molar-refractivity contribution in [2.45, 2.75) is 38.3 Å². The maximum Gasteiger partial charge on any atom is 0.406 e. The number of ether oxygens (including phenoxy) is 2. The molecule has 1 N–H and O–H groups in total. The molecule has 0 atom stereocenters. The third kappa shape index (κ3) is 4.93. The summed E-state index contributed by atoms with van der Waals surface area (Å²) in [5.41, 5.74) is 1.05. The van der Waals surface area contributed by atoms with Gasteiger partial charge in [-0.15, -0.1) is 0 Å². The standard InChI is InChI=1S/C18H24Cl2N2O3/c1-21-18(23)24-11-12-6-14(7-12)25-17-9-15(19)13(8-16(17)20)10-22-4-2-3-5-22/h8-9,12,14H,2-7,10-11H2,1H3,(H,21,23)/t12-,14-. The molecule has 0 unspecified atom stereocenters. The number of hydrogen-bond acceptors (Lipinski definition) is 4. The molecule has 2 aliphatic rings. The molecule has 3 rings (SSSR count). The SMILES string of the molecule is CNC(=O)OC[C@H]1C[C@H](Oc2cc(Cl)c(CN3CCCC3)cc2Cl)C1. The van der Waals surface area contributed by atoms with E-state index in [2.05, 4.69) is 10.2 Å². The summed E-state index contributed by atoms with van der Waals surface area (Å²) in [7, 11) is 1.55. The van der Waals surface area contributed by atoms with Crippen LogP contribution in [0.1, 0.15) is 31.2 Å². The van der Waals surface area contributed by atoms with Crippen molar-refractivity contribution >= 4 is 29.3 Å². The molecule has 1 aliphatic carbocycles. The van der Waals surface area contributed by atoms with Crippen molar-refractivity contribution in [2.75, 3.05) is 26.7 Å². The van der Waals surface area contributed by atoms with Gasteiger partial charge in [0.1, 0.15) is 5.75 Å². The topological polar surface area (TPSA) is 50.8 Å². The van der Waals surface area contributed by atoms with E-state index in [0.717, 1.165) is 38.0 Å². The Morgan fingerprint density at radius 1 is 1.24 bits per heavy atom. The number of benzene rings is 1. The Morgan fingerprint density at radius 2 is 1.96 bits per heavy atom. The van der Waals surface area contributed by atoms with Gasteiger partial charge in [-0.3, -0.25) is 4.90 Å². The minimum Gasteiger partial charge on any atom is -0.489 e. The van der Waals surface area contributed by atoms with Gasteiger partial charge < -0.3 is 14.8 Å². The van der Waals surface area contributed by atoms with Gasteiger partial charge in [0, 0.05) is 30.6 Å². The molecule has 1 saturated carbocycles. The molecule has 1 heterocycles. The van der Waals surface area contributed by atoms with Crippen LogP contribution in [0.4, 0.5) is 4.79 Å². The summed E-state index contributed by atoms with van der Waals surface area (Å²) in [6, 6.07) is 3.74. The number of hydrogen-bond donors (Lipinski definition) is 1. The highest BCUT2D eigenvalue weighted by Crippen LogP contribution is 2.37. The maximum absolute atomic E-state index is 11.1. The number of carbonyl (C=O) groups is 1. The van der Waals surface area contributed by atoms with E-state index in [1.54, 1.807) is 7.05 Å². The van der Waals surface area contributed by atoms with Gasteiger partial charge in [-0.2, -0.15) is 0 Å². The average molecular weight is 387 g/mol. The van der Waals surface area contributed by atoms with E-state index in [9.17, 15) is 4.79 Å². The second kappa shape index (κ2) is 8.47. The van der Waals surface area contributed by atoms with E-state index in [1.807, 2.05) is 12.1 Å². The van der Waals surface area contributed by atoms with Crippen LogP contribution in [0.15, 0.2) is 12.1 Å². The number of nitrogens with zero attached hydrogens (tertiary/aromatic N) is 1. The largest absolute Gasteiger partial charge is 0.489 e. The number of amides is 1. The van der Waals surface area contributed by atoms with Gasteiger partial charge in [0.25, 0.3) is 0 Å². The number of likely N-dealkylation sites (tertiary alicyclic amines) is 1. The zero-order valence-corrected chi connectivity index (χ0v) is 15.9. The van der Waals surface area contributed by atoms with Crippen molar-refractivity contribution in [2.24, 2.45) is 5.92 Å². The molecule has 2 fully saturated rings. The average Bonchev–Trinajstić information content (AvgIpc) is 3.06. The molecule has 1 amide bonds. The smallest absolute Gasteiger partial charge is 0.406 e. The van der Waals surface area contributed by atoms with E-state index in [4.69, 9.17) is 32.7 Å². The van der Waals surface area contributed by atoms with Gasteiger partial charge in [0.05, 0.1) is 17.7 Å². The lowest BCUT2D eigenvalue weighted by Gasteiger charge is -2.35. The summed E-state index contributed by atoms with van der Waals surface area (Å²) in [6.45, 7) is 3.49. The highest BCUT2D eigenvalue weighted by Gasteiger charge is 2.32. The Balaban J connectivity index is 1.50. The van der Waals surface area contributed by atoms with Crippen LogP contribution in [-0.4, -0.2) is 43.8 Å². The lowest BCUT2D eigenvalue weighted by Crippen LogP contribution is -2.37. The molecule has 5 nitrogen and oxygen atoms in total. The summed E-state index contributed by atoms with van der Waals surface area (Å²) >= 11 is 12.8. The van der Waals surface area contributed by atoms with Crippen molar-refractivity contribution in [3.63, 3.8) is 0 Å². The first-order valence-corrected chi connectivity index (χ1v) is 9.52. The van der Waals surface area contributed by atoms with Crippen LogP contribution < -0.4 is 10.1 Å². The normalized spacial score (nSPS) is 23.2. The first-order valence-electron chi connectivity index (χ1n) is 8.76. The number of rotatable bonds is 6. The third-order valence-electron chi connectivity index (χ3n) is 4.83. The molecule has 7 heteroatoms.